The Morgan fingerprint density at radius 1 is 1.17 bits per heavy atom. The van der Waals surface area contributed by atoms with Gasteiger partial charge < -0.3 is 10.4 Å². The first-order valence-electron chi connectivity index (χ1n) is 8.01. The third-order valence-electron chi connectivity index (χ3n) is 3.73. The van der Waals surface area contributed by atoms with Gasteiger partial charge in [-0.25, -0.2) is 9.97 Å². The van der Waals surface area contributed by atoms with Gasteiger partial charge in [-0.2, -0.15) is 0 Å². The molecule has 1 aromatic carbocycles. The number of nitrogens with zero attached hydrogens (tertiary/aromatic N) is 2. The molecular formula is C18H23N3O2. The van der Waals surface area contributed by atoms with Gasteiger partial charge in [0.1, 0.15) is 0 Å². The van der Waals surface area contributed by atoms with Crippen LogP contribution in [-0.4, -0.2) is 34.1 Å². The summed E-state index contributed by atoms with van der Waals surface area (Å²) in [5.41, 5.74) is 1.37. The van der Waals surface area contributed by atoms with E-state index < -0.39 is 0 Å². The molecule has 122 valence electrons. The maximum Gasteiger partial charge on any atom is 0.254 e. The van der Waals surface area contributed by atoms with Crippen LogP contribution in [0.2, 0.25) is 0 Å². The van der Waals surface area contributed by atoms with Gasteiger partial charge in [-0.15, -0.1) is 0 Å². The molecule has 2 N–H and O–H groups in total. The number of carbonyl (C=O) groups is 1. The molecule has 0 saturated carbocycles. The van der Waals surface area contributed by atoms with Crippen molar-refractivity contribution in [1.29, 1.82) is 0 Å². The summed E-state index contributed by atoms with van der Waals surface area (Å²) in [5.74, 6) is 0.730. The lowest BCUT2D eigenvalue weighted by Gasteiger charge is -2.15. The van der Waals surface area contributed by atoms with Crippen molar-refractivity contribution in [2.75, 3.05) is 13.2 Å². The van der Waals surface area contributed by atoms with E-state index in [-0.39, 0.29) is 12.5 Å². The molecule has 0 saturated heterocycles. The smallest absolute Gasteiger partial charge is 0.254 e. The fourth-order valence-corrected chi connectivity index (χ4v) is 2.46. The fraction of sp³-hybridized carbons (Fsp3) is 0.389. The Kier molecular flexibility index (Phi) is 6.69. The highest BCUT2D eigenvalue weighted by molar-refractivity contribution is 5.93. The molecular weight excluding hydrogens is 290 g/mol. The number of hydrogen-bond acceptors (Lipinski definition) is 4. The van der Waals surface area contributed by atoms with Crippen molar-refractivity contribution in [1.82, 2.24) is 15.3 Å². The highest BCUT2D eigenvalue weighted by Gasteiger charge is 2.12. The highest BCUT2D eigenvalue weighted by atomic mass is 16.3. The molecule has 2 rings (SSSR count). The molecule has 0 bridgehead atoms. The first-order valence-corrected chi connectivity index (χ1v) is 8.01. The molecule has 23 heavy (non-hydrogen) atoms. The minimum Gasteiger partial charge on any atom is -0.396 e. The second kappa shape index (κ2) is 9.00. The van der Waals surface area contributed by atoms with Crippen LogP contribution in [0.4, 0.5) is 0 Å². The zero-order valence-electron chi connectivity index (χ0n) is 13.4. The lowest BCUT2D eigenvalue weighted by Crippen LogP contribution is -2.30. The number of amides is 1. The SMILES string of the molecule is CCCC(CCO)CNC(=O)c1cnc(-c2ccccc2)nc1. The molecule has 0 aliphatic heterocycles. The van der Waals surface area contributed by atoms with Crippen molar-refractivity contribution in [3.05, 3.63) is 48.3 Å². The van der Waals surface area contributed by atoms with Gasteiger partial charge in [0.25, 0.3) is 5.91 Å². The molecule has 0 spiro atoms. The van der Waals surface area contributed by atoms with Gasteiger partial charge in [0.05, 0.1) is 5.56 Å². The van der Waals surface area contributed by atoms with Gasteiger partial charge in [0.15, 0.2) is 5.82 Å². The molecule has 1 heterocycles. The Bertz CT molecular complexity index is 593. The van der Waals surface area contributed by atoms with Gasteiger partial charge in [0.2, 0.25) is 0 Å². The first-order chi connectivity index (χ1) is 11.2. The summed E-state index contributed by atoms with van der Waals surface area (Å²) in [6.45, 7) is 2.81. The van der Waals surface area contributed by atoms with E-state index in [1.165, 1.54) is 0 Å². The van der Waals surface area contributed by atoms with Crippen LogP contribution in [0.3, 0.4) is 0 Å². The van der Waals surface area contributed by atoms with Crippen molar-refractivity contribution >= 4 is 5.91 Å². The summed E-state index contributed by atoms with van der Waals surface area (Å²) in [7, 11) is 0. The summed E-state index contributed by atoms with van der Waals surface area (Å²) >= 11 is 0. The van der Waals surface area contributed by atoms with Crippen LogP contribution in [0.5, 0.6) is 0 Å². The van der Waals surface area contributed by atoms with Gasteiger partial charge in [-0.1, -0.05) is 43.7 Å². The number of aliphatic hydroxyl groups excluding tert-OH is 1. The van der Waals surface area contributed by atoms with Crippen LogP contribution in [0.15, 0.2) is 42.7 Å². The number of aliphatic hydroxyl groups is 1. The minimum atomic E-state index is -0.177. The van der Waals surface area contributed by atoms with E-state index in [2.05, 4.69) is 22.2 Å². The Balaban J connectivity index is 1.95. The maximum atomic E-state index is 12.2. The monoisotopic (exact) mass is 313 g/mol. The van der Waals surface area contributed by atoms with Crippen molar-refractivity contribution in [2.45, 2.75) is 26.2 Å². The number of carbonyl (C=O) groups excluding carboxylic acids is 1. The Morgan fingerprint density at radius 2 is 1.87 bits per heavy atom. The third-order valence-corrected chi connectivity index (χ3v) is 3.73. The first kappa shape index (κ1) is 17.1. The number of nitrogens with one attached hydrogen (secondary N) is 1. The van der Waals surface area contributed by atoms with Crippen LogP contribution in [0.1, 0.15) is 36.5 Å². The topological polar surface area (TPSA) is 75.1 Å². The number of rotatable bonds is 8. The summed E-state index contributed by atoms with van der Waals surface area (Å²) in [5, 5.41) is 11.9. The predicted molar refractivity (Wildman–Crippen MR) is 89.9 cm³/mol. The largest absolute Gasteiger partial charge is 0.396 e. The second-order valence-corrected chi connectivity index (χ2v) is 5.54. The van der Waals surface area contributed by atoms with E-state index in [4.69, 9.17) is 5.11 Å². The standard InChI is InChI=1S/C18H23N3O2/c1-2-6-14(9-10-22)11-21-18(23)16-12-19-17(20-13-16)15-7-4-3-5-8-15/h3-5,7-8,12-14,22H,2,6,9-11H2,1H3,(H,21,23). The molecule has 1 atom stereocenters. The van der Waals surface area contributed by atoms with Crippen LogP contribution in [0.25, 0.3) is 11.4 Å². The lowest BCUT2D eigenvalue weighted by atomic mass is 10.0. The van der Waals surface area contributed by atoms with E-state index in [0.29, 0.717) is 30.3 Å². The Labute approximate surface area is 136 Å². The zero-order chi connectivity index (χ0) is 16.5. The van der Waals surface area contributed by atoms with Crippen molar-refractivity contribution in [2.24, 2.45) is 5.92 Å². The average Bonchev–Trinajstić information content (AvgIpc) is 2.61. The molecule has 1 aromatic heterocycles. The van der Waals surface area contributed by atoms with E-state index in [1.807, 2.05) is 30.3 Å². The van der Waals surface area contributed by atoms with Crippen LogP contribution in [-0.2, 0) is 0 Å². The number of hydrogen-bond donors (Lipinski definition) is 2. The molecule has 0 aliphatic carbocycles. The number of benzene rings is 1. The molecule has 0 radical (unpaired) electrons. The zero-order valence-corrected chi connectivity index (χ0v) is 13.4. The van der Waals surface area contributed by atoms with E-state index >= 15 is 0 Å². The maximum absolute atomic E-state index is 12.2. The van der Waals surface area contributed by atoms with Crippen molar-refractivity contribution < 1.29 is 9.90 Å². The second-order valence-electron chi connectivity index (χ2n) is 5.54. The summed E-state index contributed by atoms with van der Waals surface area (Å²) in [6, 6.07) is 9.64. The third kappa shape index (κ3) is 5.14. The average molecular weight is 313 g/mol. The summed E-state index contributed by atoms with van der Waals surface area (Å²) in [4.78, 5) is 20.7. The van der Waals surface area contributed by atoms with Crippen LogP contribution < -0.4 is 5.32 Å². The van der Waals surface area contributed by atoms with E-state index in [0.717, 1.165) is 18.4 Å². The van der Waals surface area contributed by atoms with Gasteiger partial charge in [-0.05, 0) is 18.8 Å². The van der Waals surface area contributed by atoms with Crippen LogP contribution >= 0.6 is 0 Å². The highest BCUT2D eigenvalue weighted by Crippen LogP contribution is 2.13. The quantitative estimate of drug-likeness (QED) is 0.785. The molecule has 2 aromatic rings. The predicted octanol–water partition coefficient (Wildman–Crippen LogP) is 2.67. The van der Waals surface area contributed by atoms with Crippen molar-refractivity contribution in [3.63, 3.8) is 0 Å². The molecule has 5 nitrogen and oxygen atoms in total. The Morgan fingerprint density at radius 3 is 2.48 bits per heavy atom. The summed E-state index contributed by atoms with van der Waals surface area (Å²) in [6.07, 6.45) is 5.83. The minimum absolute atomic E-state index is 0.148. The van der Waals surface area contributed by atoms with Crippen LogP contribution in [0, 0.1) is 5.92 Å². The molecule has 0 aliphatic rings. The molecule has 0 fully saturated rings. The number of aromatic nitrogens is 2. The fourth-order valence-electron chi connectivity index (χ4n) is 2.46. The Hall–Kier alpha value is -2.27. The van der Waals surface area contributed by atoms with Crippen molar-refractivity contribution in [3.8, 4) is 11.4 Å². The molecule has 5 heteroatoms. The van der Waals surface area contributed by atoms with Gasteiger partial charge in [0, 0.05) is 31.1 Å². The molecule has 1 unspecified atom stereocenters. The van der Waals surface area contributed by atoms with Gasteiger partial charge >= 0.3 is 0 Å². The van der Waals surface area contributed by atoms with Gasteiger partial charge in [-0.3, -0.25) is 4.79 Å². The van der Waals surface area contributed by atoms with E-state index in [1.54, 1.807) is 12.4 Å². The normalized spacial score (nSPS) is 11.9. The lowest BCUT2D eigenvalue weighted by molar-refractivity contribution is 0.0942. The van der Waals surface area contributed by atoms with E-state index in [9.17, 15) is 4.79 Å². The molecule has 1 amide bonds. The summed E-state index contributed by atoms with van der Waals surface area (Å²) < 4.78 is 0.